The number of thiazole rings is 1. The van der Waals surface area contributed by atoms with E-state index in [1.807, 2.05) is 32.0 Å². The summed E-state index contributed by atoms with van der Waals surface area (Å²) in [6.45, 7) is 4.39. The number of carbonyl (C=O) groups excluding carboxylic acids is 1. The van der Waals surface area contributed by atoms with Gasteiger partial charge in [-0.05, 0) is 26.0 Å². The Morgan fingerprint density at radius 1 is 1.44 bits per heavy atom. The normalized spacial score (nSPS) is 10.3. The number of nitrogens with two attached hydrogens (primary N) is 1. The predicted molar refractivity (Wildman–Crippen MR) is 75.1 cm³/mol. The lowest BCUT2D eigenvalue weighted by Crippen LogP contribution is -2.30. The third-order valence-corrected chi connectivity index (χ3v) is 3.52. The average molecular weight is 261 g/mol. The van der Waals surface area contributed by atoms with Gasteiger partial charge in [0, 0.05) is 6.54 Å². The van der Waals surface area contributed by atoms with Gasteiger partial charge < -0.3 is 10.6 Å². The second kappa shape index (κ2) is 5.18. The number of para-hydroxylation sites is 2. The first-order valence-corrected chi connectivity index (χ1v) is 6.54. The number of nitrogen functional groups attached to an aromatic ring is 1. The predicted octanol–water partition coefficient (Wildman–Crippen LogP) is 2.70. The Kier molecular flexibility index (Phi) is 3.62. The van der Waals surface area contributed by atoms with Gasteiger partial charge in [-0.15, -0.1) is 11.3 Å². The first kappa shape index (κ1) is 12.6. The van der Waals surface area contributed by atoms with Crippen LogP contribution in [0.2, 0.25) is 0 Å². The highest BCUT2D eigenvalue weighted by Gasteiger charge is 2.19. The number of hydrogen-bond donors (Lipinski definition) is 1. The standard InChI is InChI=1S/C13H15N3OS/c1-3-16(11-7-5-4-6-10(11)14)13(17)12-8-15-9(2)18-12/h4-8H,3,14H2,1-2H3. The quantitative estimate of drug-likeness (QED) is 0.864. The fraction of sp³-hybridized carbons (Fsp3) is 0.231. The van der Waals surface area contributed by atoms with Gasteiger partial charge in [0.25, 0.3) is 5.91 Å². The van der Waals surface area contributed by atoms with Gasteiger partial charge in [0.05, 0.1) is 22.6 Å². The van der Waals surface area contributed by atoms with Crippen LogP contribution in [0.4, 0.5) is 11.4 Å². The zero-order valence-electron chi connectivity index (χ0n) is 10.4. The van der Waals surface area contributed by atoms with Crippen LogP contribution in [0.1, 0.15) is 21.6 Å². The topological polar surface area (TPSA) is 59.2 Å². The Hall–Kier alpha value is -1.88. The van der Waals surface area contributed by atoms with Crippen molar-refractivity contribution in [1.82, 2.24) is 4.98 Å². The second-order valence-corrected chi connectivity index (χ2v) is 5.09. The molecule has 1 aromatic heterocycles. The molecule has 0 aliphatic carbocycles. The van der Waals surface area contributed by atoms with E-state index in [0.717, 1.165) is 10.7 Å². The van der Waals surface area contributed by atoms with Crippen LogP contribution < -0.4 is 10.6 Å². The van der Waals surface area contributed by atoms with Crippen LogP contribution in [0.15, 0.2) is 30.5 Å². The van der Waals surface area contributed by atoms with Crippen LogP contribution in [0.3, 0.4) is 0 Å². The van der Waals surface area contributed by atoms with E-state index in [2.05, 4.69) is 4.98 Å². The molecule has 0 saturated carbocycles. The number of aromatic nitrogens is 1. The summed E-state index contributed by atoms with van der Waals surface area (Å²) in [7, 11) is 0. The van der Waals surface area contributed by atoms with Crippen molar-refractivity contribution in [2.45, 2.75) is 13.8 Å². The minimum Gasteiger partial charge on any atom is -0.397 e. The van der Waals surface area contributed by atoms with E-state index >= 15 is 0 Å². The summed E-state index contributed by atoms with van der Waals surface area (Å²) in [5, 5.41) is 0.885. The Balaban J connectivity index is 2.35. The molecule has 4 nitrogen and oxygen atoms in total. The summed E-state index contributed by atoms with van der Waals surface area (Å²) in [6, 6.07) is 7.38. The molecule has 2 rings (SSSR count). The van der Waals surface area contributed by atoms with E-state index in [1.165, 1.54) is 11.3 Å². The maximum Gasteiger partial charge on any atom is 0.270 e. The molecule has 0 atom stereocenters. The molecule has 0 saturated heterocycles. The van der Waals surface area contributed by atoms with Crippen LogP contribution in [-0.2, 0) is 0 Å². The van der Waals surface area contributed by atoms with Gasteiger partial charge in [-0.25, -0.2) is 4.98 Å². The van der Waals surface area contributed by atoms with Crippen molar-refractivity contribution in [2.24, 2.45) is 0 Å². The number of carbonyl (C=O) groups is 1. The molecule has 0 aliphatic heterocycles. The first-order valence-electron chi connectivity index (χ1n) is 5.72. The third kappa shape index (κ3) is 2.36. The molecule has 0 unspecified atom stereocenters. The van der Waals surface area contributed by atoms with E-state index in [1.54, 1.807) is 17.2 Å². The molecule has 0 aliphatic rings. The lowest BCUT2D eigenvalue weighted by molar-refractivity contribution is 0.0992. The smallest absolute Gasteiger partial charge is 0.270 e. The van der Waals surface area contributed by atoms with E-state index in [9.17, 15) is 4.79 Å². The average Bonchev–Trinajstić information content (AvgIpc) is 2.79. The van der Waals surface area contributed by atoms with Crippen molar-refractivity contribution < 1.29 is 4.79 Å². The lowest BCUT2D eigenvalue weighted by Gasteiger charge is -2.21. The monoisotopic (exact) mass is 261 g/mol. The molecular weight excluding hydrogens is 246 g/mol. The van der Waals surface area contributed by atoms with Crippen LogP contribution >= 0.6 is 11.3 Å². The van der Waals surface area contributed by atoms with E-state index in [0.29, 0.717) is 17.1 Å². The second-order valence-electron chi connectivity index (χ2n) is 3.85. The largest absolute Gasteiger partial charge is 0.397 e. The SMILES string of the molecule is CCN(C(=O)c1cnc(C)s1)c1ccccc1N. The van der Waals surface area contributed by atoms with Crippen molar-refractivity contribution in [1.29, 1.82) is 0 Å². The molecule has 1 heterocycles. The van der Waals surface area contributed by atoms with Crippen LogP contribution in [-0.4, -0.2) is 17.4 Å². The van der Waals surface area contributed by atoms with Gasteiger partial charge in [0.2, 0.25) is 0 Å². The highest BCUT2D eigenvalue weighted by molar-refractivity contribution is 7.13. The molecule has 5 heteroatoms. The Morgan fingerprint density at radius 3 is 2.72 bits per heavy atom. The van der Waals surface area contributed by atoms with Gasteiger partial charge in [-0.3, -0.25) is 4.79 Å². The molecule has 1 amide bonds. The van der Waals surface area contributed by atoms with E-state index in [-0.39, 0.29) is 5.91 Å². The maximum absolute atomic E-state index is 12.4. The molecule has 2 N–H and O–H groups in total. The van der Waals surface area contributed by atoms with Gasteiger partial charge in [-0.2, -0.15) is 0 Å². The molecule has 0 spiro atoms. The fourth-order valence-electron chi connectivity index (χ4n) is 1.75. The van der Waals surface area contributed by atoms with E-state index < -0.39 is 0 Å². The summed E-state index contributed by atoms with van der Waals surface area (Å²) in [4.78, 5) is 18.8. The molecule has 0 fully saturated rings. The minimum absolute atomic E-state index is 0.0546. The van der Waals surface area contributed by atoms with Gasteiger partial charge >= 0.3 is 0 Å². The molecule has 18 heavy (non-hydrogen) atoms. The summed E-state index contributed by atoms with van der Waals surface area (Å²) in [6.07, 6.45) is 1.62. The minimum atomic E-state index is -0.0546. The number of amides is 1. The van der Waals surface area contributed by atoms with E-state index in [4.69, 9.17) is 5.73 Å². The number of rotatable bonds is 3. The molecule has 1 aromatic carbocycles. The lowest BCUT2D eigenvalue weighted by atomic mass is 10.2. The number of nitrogens with zero attached hydrogens (tertiary/aromatic N) is 2. The number of hydrogen-bond acceptors (Lipinski definition) is 4. The van der Waals surface area contributed by atoms with Crippen molar-refractivity contribution in [3.8, 4) is 0 Å². The number of aryl methyl sites for hydroxylation is 1. The summed E-state index contributed by atoms with van der Waals surface area (Å²) in [5.74, 6) is -0.0546. The summed E-state index contributed by atoms with van der Waals surface area (Å²) >= 11 is 1.40. The zero-order chi connectivity index (χ0) is 13.1. The maximum atomic E-state index is 12.4. The highest BCUT2D eigenvalue weighted by atomic mass is 32.1. The fourth-order valence-corrected chi connectivity index (χ4v) is 2.48. The van der Waals surface area contributed by atoms with Gasteiger partial charge in [-0.1, -0.05) is 12.1 Å². The molecule has 94 valence electrons. The molecule has 0 radical (unpaired) electrons. The van der Waals surface area contributed by atoms with Crippen LogP contribution in [0, 0.1) is 6.92 Å². The van der Waals surface area contributed by atoms with Crippen LogP contribution in [0.5, 0.6) is 0 Å². The number of anilines is 2. The Labute approximate surface area is 110 Å². The molecule has 2 aromatic rings. The molecule has 0 bridgehead atoms. The van der Waals surface area contributed by atoms with Crippen molar-refractivity contribution in [3.05, 3.63) is 40.3 Å². The number of benzene rings is 1. The van der Waals surface area contributed by atoms with Gasteiger partial charge in [0.1, 0.15) is 4.88 Å². The summed E-state index contributed by atoms with van der Waals surface area (Å²) < 4.78 is 0. The highest BCUT2D eigenvalue weighted by Crippen LogP contribution is 2.25. The van der Waals surface area contributed by atoms with Crippen molar-refractivity contribution in [3.63, 3.8) is 0 Å². The van der Waals surface area contributed by atoms with Crippen LogP contribution in [0.25, 0.3) is 0 Å². The van der Waals surface area contributed by atoms with Gasteiger partial charge in [0.15, 0.2) is 0 Å². The molecular formula is C13H15N3OS. The third-order valence-electron chi connectivity index (χ3n) is 2.62. The summed E-state index contributed by atoms with van der Waals surface area (Å²) in [5.41, 5.74) is 7.26. The first-order chi connectivity index (χ1) is 8.63. The van der Waals surface area contributed by atoms with Crippen molar-refractivity contribution in [2.75, 3.05) is 17.2 Å². The Bertz CT molecular complexity index is 565. The Morgan fingerprint density at radius 2 is 2.17 bits per heavy atom. The van der Waals surface area contributed by atoms with Crippen molar-refractivity contribution >= 4 is 28.6 Å². The zero-order valence-corrected chi connectivity index (χ0v) is 11.2.